The number of hydrogen-bond acceptors (Lipinski definition) is 2. The van der Waals surface area contributed by atoms with Crippen LogP contribution >= 0.6 is 0 Å². The lowest BCUT2D eigenvalue weighted by Gasteiger charge is -2.14. The van der Waals surface area contributed by atoms with Gasteiger partial charge in [-0.1, -0.05) is 109 Å². The molecule has 4 aromatic heterocycles. The van der Waals surface area contributed by atoms with Crippen LogP contribution in [0.2, 0.25) is 0 Å². The van der Waals surface area contributed by atoms with Gasteiger partial charge in [0.25, 0.3) is 0 Å². The maximum atomic E-state index is 5.45. The molecule has 4 nitrogen and oxygen atoms in total. The zero-order valence-electron chi connectivity index (χ0n) is 26.8. The van der Waals surface area contributed by atoms with Gasteiger partial charge in [0.1, 0.15) is 5.69 Å². The molecule has 0 N–H and O–H groups in total. The van der Waals surface area contributed by atoms with Crippen molar-refractivity contribution in [1.29, 1.82) is 0 Å². The number of aromatic nitrogens is 4. The van der Waals surface area contributed by atoms with Crippen molar-refractivity contribution in [3.05, 3.63) is 158 Å². The predicted octanol–water partition coefficient (Wildman–Crippen LogP) is 11.9. The third-order valence-electron chi connectivity index (χ3n) is 10.8. The molecular formula is C46H26N4. The standard InChI is InChI=1S/C46H26N4/c1-2-11-28-24-31(21-20-27(28)10-1)44-46(48-37-18-7-6-17-36(37)47-44)50-40-23-22-39-42(43(40)35-25-29-12-3-4-13-30(29)26-41(35)50)34-16-9-15-33-32-14-5-8-19-38(32)49(39)45(33)34/h1-26H. The molecule has 50 heavy (non-hydrogen) atoms. The third-order valence-corrected chi connectivity index (χ3v) is 10.8. The summed E-state index contributed by atoms with van der Waals surface area (Å²) in [6, 6.07) is 56.9. The van der Waals surface area contributed by atoms with Crippen LogP contribution in [0.25, 0.3) is 110 Å². The van der Waals surface area contributed by atoms with Crippen molar-refractivity contribution < 1.29 is 0 Å². The van der Waals surface area contributed by atoms with Gasteiger partial charge in [-0.25, -0.2) is 9.97 Å². The molecule has 0 atom stereocenters. The first-order valence-corrected chi connectivity index (χ1v) is 17.1. The lowest BCUT2D eigenvalue weighted by atomic mass is 10.0. The van der Waals surface area contributed by atoms with Gasteiger partial charge >= 0.3 is 0 Å². The first-order chi connectivity index (χ1) is 24.8. The van der Waals surface area contributed by atoms with Crippen molar-refractivity contribution in [2.24, 2.45) is 0 Å². The minimum atomic E-state index is 0.829. The fraction of sp³-hybridized carbons (Fsp3) is 0. The number of nitrogens with zero attached hydrogens (tertiary/aromatic N) is 4. The van der Waals surface area contributed by atoms with E-state index >= 15 is 0 Å². The molecule has 0 radical (unpaired) electrons. The van der Waals surface area contributed by atoms with Crippen molar-refractivity contribution in [2.45, 2.75) is 0 Å². The molecule has 0 spiro atoms. The molecule has 0 amide bonds. The van der Waals surface area contributed by atoms with Crippen LogP contribution in [0.3, 0.4) is 0 Å². The van der Waals surface area contributed by atoms with E-state index in [1.165, 1.54) is 70.4 Å². The summed E-state index contributed by atoms with van der Waals surface area (Å²) in [5.74, 6) is 0.829. The summed E-state index contributed by atoms with van der Waals surface area (Å²) in [4.78, 5) is 10.8. The Morgan fingerprint density at radius 2 is 1.02 bits per heavy atom. The molecular weight excluding hydrogens is 609 g/mol. The summed E-state index contributed by atoms with van der Waals surface area (Å²) in [7, 11) is 0. The highest BCUT2D eigenvalue weighted by Gasteiger charge is 2.25. The molecule has 12 rings (SSSR count). The molecule has 0 bridgehead atoms. The SMILES string of the molecule is c1ccc2cc(-c3nc4ccccc4nc3-n3c4cc5ccccc5cc4c4c5c6cccc7c8ccccc8n(c5ccc43)c76)ccc2c1. The fourth-order valence-electron chi connectivity index (χ4n) is 8.62. The highest BCUT2D eigenvalue weighted by Crippen LogP contribution is 2.46. The van der Waals surface area contributed by atoms with Crippen LogP contribution in [-0.4, -0.2) is 18.9 Å². The van der Waals surface area contributed by atoms with E-state index in [1.807, 2.05) is 12.1 Å². The molecule has 0 aliphatic heterocycles. The molecule has 4 heteroatoms. The Kier molecular flexibility index (Phi) is 4.94. The van der Waals surface area contributed by atoms with Crippen LogP contribution in [-0.2, 0) is 0 Å². The second kappa shape index (κ2) is 9.43. The van der Waals surface area contributed by atoms with E-state index < -0.39 is 0 Å². The van der Waals surface area contributed by atoms with Gasteiger partial charge in [-0.2, -0.15) is 0 Å². The fourth-order valence-corrected chi connectivity index (χ4v) is 8.62. The zero-order chi connectivity index (χ0) is 32.5. The van der Waals surface area contributed by atoms with E-state index in [0.717, 1.165) is 39.1 Å². The molecule has 4 heterocycles. The van der Waals surface area contributed by atoms with E-state index in [1.54, 1.807) is 0 Å². The highest BCUT2D eigenvalue weighted by molar-refractivity contribution is 6.33. The topological polar surface area (TPSA) is 35.1 Å². The van der Waals surface area contributed by atoms with Crippen molar-refractivity contribution in [3.8, 4) is 17.1 Å². The monoisotopic (exact) mass is 634 g/mol. The summed E-state index contributed by atoms with van der Waals surface area (Å²) in [5.41, 5.74) is 9.63. The average molecular weight is 635 g/mol. The Balaban J connectivity index is 1.30. The number of rotatable bonds is 2. The predicted molar refractivity (Wildman–Crippen MR) is 209 cm³/mol. The minimum Gasteiger partial charge on any atom is -0.308 e. The van der Waals surface area contributed by atoms with Gasteiger partial charge in [-0.3, -0.25) is 4.57 Å². The van der Waals surface area contributed by atoms with E-state index in [4.69, 9.17) is 9.97 Å². The van der Waals surface area contributed by atoms with Gasteiger partial charge < -0.3 is 4.40 Å². The number of para-hydroxylation sites is 4. The lowest BCUT2D eigenvalue weighted by molar-refractivity contribution is 1.08. The lowest BCUT2D eigenvalue weighted by Crippen LogP contribution is -2.03. The van der Waals surface area contributed by atoms with Gasteiger partial charge in [0.05, 0.1) is 38.6 Å². The largest absolute Gasteiger partial charge is 0.308 e. The number of fused-ring (bicyclic) bond motifs is 13. The Labute approximate surface area is 285 Å². The van der Waals surface area contributed by atoms with Gasteiger partial charge in [0, 0.05) is 37.9 Å². The van der Waals surface area contributed by atoms with E-state index in [-0.39, 0.29) is 0 Å². The Bertz CT molecular complexity index is 3380. The summed E-state index contributed by atoms with van der Waals surface area (Å²) < 4.78 is 4.84. The van der Waals surface area contributed by atoms with E-state index in [9.17, 15) is 0 Å². The van der Waals surface area contributed by atoms with Crippen molar-refractivity contribution in [1.82, 2.24) is 18.9 Å². The maximum absolute atomic E-state index is 5.45. The van der Waals surface area contributed by atoms with Crippen molar-refractivity contribution in [2.75, 3.05) is 0 Å². The first kappa shape index (κ1) is 26.2. The maximum Gasteiger partial charge on any atom is 0.165 e. The smallest absolute Gasteiger partial charge is 0.165 e. The Morgan fingerprint density at radius 3 is 1.88 bits per heavy atom. The molecule has 0 saturated carbocycles. The van der Waals surface area contributed by atoms with Crippen molar-refractivity contribution in [3.63, 3.8) is 0 Å². The van der Waals surface area contributed by atoms with Gasteiger partial charge in [-0.05, 0) is 70.1 Å². The van der Waals surface area contributed by atoms with E-state index in [0.29, 0.717) is 0 Å². The highest BCUT2D eigenvalue weighted by atomic mass is 15.1. The molecule has 8 aromatic carbocycles. The van der Waals surface area contributed by atoms with Crippen LogP contribution in [0.4, 0.5) is 0 Å². The first-order valence-electron chi connectivity index (χ1n) is 17.1. The summed E-state index contributed by atoms with van der Waals surface area (Å²) in [5, 5.41) is 12.4. The van der Waals surface area contributed by atoms with Crippen LogP contribution in [0, 0.1) is 0 Å². The van der Waals surface area contributed by atoms with Gasteiger partial charge in [0.15, 0.2) is 5.82 Å². The van der Waals surface area contributed by atoms with Crippen LogP contribution in [0.1, 0.15) is 0 Å². The molecule has 0 aliphatic rings. The van der Waals surface area contributed by atoms with Gasteiger partial charge in [0.2, 0.25) is 0 Å². The van der Waals surface area contributed by atoms with Crippen LogP contribution in [0.5, 0.6) is 0 Å². The average Bonchev–Trinajstić information content (AvgIpc) is 3.81. The quantitative estimate of drug-likeness (QED) is 0.190. The summed E-state index contributed by atoms with van der Waals surface area (Å²) >= 11 is 0. The minimum absolute atomic E-state index is 0.829. The van der Waals surface area contributed by atoms with Crippen LogP contribution in [0.15, 0.2) is 158 Å². The second-order valence-corrected chi connectivity index (χ2v) is 13.4. The molecule has 0 aliphatic carbocycles. The Morgan fingerprint density at radius 1 is 0.380 bits per heavy atom. The number of benzene rings is 8. The third kappa shape index (κ3) is 3.34. The summed E-state index contributed by atoms with van der Waals surface area (Å²) in [6.45, 7) is 0. The van der Waals surface area contributed by atoms with E-state index in [2.05, 4.69) is 155 Å². The molecule has 230 valence electrons. The normalized spacial score (nSPS) is 12.4. The Hall–Kier alpha value is -6.78. The van der Waals surface area contributed by atoms with Crippen molar-refractivity contribution >= 4 is 92.5 Å². The second-order valence-electron chi connectivity index (χ2n) is 13.4. The summed E-state index contributed by atoms with van der Waals surface area (Å²) in [6.07, 6.45) is 0. The molecule has 0 unspecified atom stereocenters. The molecule has 0 saturated heterocycles. The van der Waals surface area contributed by atoms with Gasteiger partial charge in [-0.15, -0.1) is 0 Å². The van der Waals surface area contributed by atoms with Crippen LogP contribution < -0.4 is 0 Å². The molecule has 0 fully saturated rings. The molecule has 12 aromatic rings. The zero-order valence-corrected chi connectivity index (χ0v) is 26.8. The number of hydrogen-bond donors (Lipinski definition) is 0.